The number of aromatic nitrogens is 2. The van der Waals surface area contributed by atoms with Gasteiger partial charge in [-0.2, -0.15) is 0 Å². The fourth-order valence-electron chi connectivity index (χ4n) is 3.84. The molecule has 0 unspecified atom stereocenters. The second-order valence-electron chi connectivity index (χ2n) is 7.67. The molecule has 0 aliphatic heterocycles. The van der Waals surface area contributed by atoms with Crippen LogP contribution in [0.15, 0.2) is 61.7 Å². The van der Waals surface area contributed by atoms with Crippen LogP contribution >= 0.6 is 11.8 Å². The van der Waals surface area contributed by atoms with Crippen molar-refractivity contribution in [2.24, 2.45) is 0 Å². The van der Waals surface area contributed by atoms with Gasteiger partial charge in [0, 0.05) is 38.2 Å². The quantitative estimate of drug-likeness (QED) is 0.429. The predicted molar refractivity (Wildman–Crippen MR) is 123 cm³/mol. The standard InChI is InChI=1S/C23H22N2O5S2/c1-13-22(15(3)30-24-13)16-5-10-20-19(11-16)23(14(2)25(20)12-21(26)27)31-17-6-8-18(9-7-17)32(4,28)29/h5-11H,12H2,1-4H3,(H,26,27). The van der Waals surface area contributed by atoms with Crippen LogP contribution in [0.25, 0.3) is 22.0 Å². The van der Waals surface area contributed by atoms with Crippen molar-refractivity contribution in [3.8, 4) is 11.1 Å². The number of aryl methyl sites for hydroxylation is 2. The van der Waals surface area contributed by atoms with Crippen molar-refractivity contribution in [2.75, 3.05) is 6.26 Å². The zero-order valence-electron chi connectivity index (χ0n) is 18.0. The van der Waals surface area contributed by atoms with E-state index in [0.29, 0.717) is 5.76 Å². The second kappa shape index (κ2) is 8.14. The normalized spacial score (nSPS) is 11.9. The van der Waals surface area contributed by atoms with Gasteiger partial charge in [0.2, 0.25) is 0 Å². The van der Waals surface area contributed by atoms with Crippen molar-refractivity contribution in [1.29, 1.82) is 0 Å². The van der Waals surface area contributed by atoms with Crippen LogP contribution < -0.4 is 0 Å². The molecule has 0 spiro atoms. The number of carboxylic acid groups (broad SMARTS) is 1. The Morgan fingerprint density at radius 3 is 2.38 bits per heavy atom. The molecule has 166 valence electrons. The van der Waals surface area contributed by atoms with E-state index >= 15 is 0 Å². The van der Waals surface area contributed by atoms with E-state index in [-0.39, 0.29) is 11.4 Å². The Labute approximate surface area is 190 Å². The van der Waals surface area contributed by atoms with E-state index in [1.807, 2.05) is 39.0 Å². The van der Waals surface area contributed by atoms with Gasteiger partial charge in [0.15, 0.2) is 9.84 Å². The number of fused-ring (bicyclic) bond motifs is 1. The van der Waals surface area contributed by atoms with E-state index in [4.69, 9.17) is 4.52 Å². The number of carboxylic acids is 1. The summed E-state index contributed by atoms with van der Waals surface area (Å²) >= 11 is 1.48. The smallest absolute Gasteiger partial charge is 0.323 e. The first kappa shape index (κ1) is 22.2. The molecule has 0 amide bonds. The third-order valence-corrected chi connectivity index (χ3v) is 7.71. The molecule has 4 aromatic rings. The van der Waals surface area contributed by atoms with Crippen LogP contribution in [0, 0.1) is 20.8 Å². The van der Waals surface area contributed by atoms with Gasteiger partial charge in [-0.3, -0.25) is 4.79 Å². The minimum Gasteiger partial charge on any atom is -0.480 e. The molecule has 9 heteroatoms. The molecule has 0 fully saturated rings. The summed E-state index contributed by atoms with van der Waals surface area (Å²) in [5, 5.41) is 14.4. The van der Waals surface area contributed by atoms with E-state index in [2.05, 4.69) is 5.16 Å². The van der Waals surface area contributed by atoms with Gasteiger partial charge in [-0.05, 0) is 62.7 Å². The fraction of sp³-hybridized carbons (Fsp3) is 0.217. The second-order valence-corrected chi connectivity index (χ2v) is 10.8. The van der Waals surface area contributed by atoms with E-state index in [0.717, 1.165) is 43.2 Å². The lowest BCUT2D eigenvalue weighted by Gasteiger charge is -2.06. The van der Waals surface area contributed by atoms with Gasteiger partial charge in [-0.25, -0.2) is 8.42 Å². The largest absolute Gasteiger partial charge is 0.480 e. The Kier molecular flexibility index (Phi) is 5.64. The highest BCUT2D eigenvalue weighted by Gasteiger charge is 2.20. The minimum atomic E-state index is -3.28. The minimum absolute atomic E-state index is 0.152. The van der Waals surface area contributed by atoms with Crippen molar-refractivity contribution in [3.05, 3.63) is 59.6 Å². The maximum absolute atomic E-state index is 11.8. The van der Waals surface area contributed by atoms with Crippen LogP contribution in [0.4, 0.5) is 0 Å². The Bertz CT molecular complexity index is 1430. The Hall–Kier alpha value is -3.04. The Morgan fingerprint density at radius 1 is 1.12 bits per heavy atom. The lowest BCUT2D eigenvalue weighted by Crippen LogP contribution is -2.09. The zero-order chi connectivity index (χ0) is 23.2. The van der Waals surface area contributed by atoms with Crippen LogP contribution in [0.5, 0.6) is 0 Å². The lowest BCUT2D eigenvalue weighted by atomic mass is 10.0. The molecule has 0 aliphatic carbocycles. The maximum atomic E-state index is 11.8. The van der Waals surface area contributed by atoms with Gasteiger partial charge in [-0.1, -0.05) is 23.0 Å². The summed E-state index contributed by atoms with van der Waals surface area (Å²) < 4.78 is 30.6. The van der Waals surface area contributed by atoms with Crippen LogP contribution in [-0.2, 0) is 21.2 Å². The number of carbonyl (C=O) groups is 1. The maximum Gasteiger partial charge on any atom is 0.323 e. The lowest BCUT2D eigenvalue weighted by molar-refractivity contribution is -0.137. The molecule has 2 heterocycles. The molecule has 0 aliphatic rings. The highest BCUT2D eigenvalue weighted by atomic mass is 32.2. The SMILES string of the molecule is Cc1noc(C)c1-c1ccc2c(c1)c(Sc1ccc(S(C)(=O)=O)cc1)c(C)n2CC(=O)O. The molecule has 0 saturated heterocycles. The summed E-state index contributed by atoms with van der Waals surface area (Å²) in [6, 6.07) is 12.6. The highest BCUT2D eigenvalue weighted by Crippen LogP contribution is 2.41. The number of hydrogen-bond acceptors (Lipinski definition) is 6. The predicted octanol–water partition coefficient (Wildman–Crippen LogP) is 4.86. The van der Waals surface area contributed by atoms with E-state index in [1.54, 1.807) is 28.8 Å². The van der Waals surface area contributed by atoms with Crippen molar-refractivity contribution in [1.82, 2.24) is 9.72 Å². The fourth-order valence-corrected chi connectivity index (χ4v) is 5.51. The van der Waals surface area contributed by atoms with Gasteiger partial charge in [0.1, 0.15) is 12.3 Å². The molecule has 32 heavy (non-hydrogen) atoms. The van der Waals surface area contributed by atoms with Crippen LogP contribution in [0.1, 0.15) is 17.1 Å². The summed E-state index contributed by atoms with van der Waals surface area (Å²) in [7, 11) is -3.28. The van der Waals surface area contributed by atoms with Gasteiger partial charge >= 0.3 is 5.97 Å². The Morgan fingerprint density at radius 2 is 1.81 bits per heavy atom. The van der Waals surface area contributed by atoms with Crippen molar-refractivity contribution in [3.63, 3.8) is 0 Å². The first-order chi connectivity index (χ1) is 15.1. The molecular weight excluding hydrogens is 448 g/mol. The average Bonchev–Trinajstić information content (AvgIpc) is 3.18. The van der Waals surface area contributed by atoms with Gasteiger partial charge < -0.3 is 14.2 Å². The number of benzene rings is 2. The topological polar surface area (TPSA) is 102 Å². The number of nitrogens with zero attached hydrogens (tertiary/aromatic N) is 2. The summed E-state index contributed by atoms with van der Waals surface area (Å²) in [5.74, 6) is -0.206. The molecular formula is C23H22N2O5S2. The van der Waals surface area contributed by atoms with Gasteiger partial charge in [0.05, 0.1) is 10.6 Å². The summed E-state index contributed by atoms with van der Waals surface area (Å²) in [5.41, 5.74) is 4.29. The molecule has 7 nitrogen and oxygen atoms in total. The van der Waals surface area contributed by atoms with Crippen molar-refractivity contribution < 1.29 is 22.8 Å². The molecule has 4 rings (SSSR count). The van der Waals surface area contributed by atoms with Crippen LogP contribution in [0.2, 0.25) is 0 Å². The number of sulfone groups is 1. The highest BCUT2D eigenvalue weighted by molar-refractivity contribution is 7.99. The molecule has 0 bridgehead atoms. The third-order valence-electron chi connectivity index (χ3n) is 5.35. The first-order valence-electron chi connectivity index (χ1n) is 9.82. The molecule has 2 aromatic heterocycles. The molecule has 1 N–H and O–H groups in total. The molecule has 2 aromatic carbocycles. The summed E-state index contributed by atoms with van der Waals surface area (Å²) in [4.78, 5) is 13.5. The van der Waals surface area contributed by atoms with Crippen molar-refractivity contribution >= 4 is 38.5 Å². The molecule has 0 saturated carbocycles. The van der Waals surface area contributed by atoms with Gasteiger partial charge in [-0.15, -0.1) is 0 Å². The summed E-state index contributed by atoms with van der Waals surface area (Å²) in [6.45, 7) is 5.49. The van der Waals surface area contributed by atoms with E-state index < -0.39 is 15.8 Å². The monoisotopic (exact) mass is 470 g/mol. The zero-order valence-corrected chi connectivity index (χ0v) is 19.7. The van der Waals surface area contributed by atoms with Crippen LogP contribution in [-0.4, -0.2) is 35.5 Å². The van der Waals surface area contributed by atoms with Gasteiger partial charge in [0.25, 0.3) is 0 Å². The van der Waals surface area contributed by atoms with E-state index in [1.165, 1.54) is 18.0 Å². The molecule has 0 radical (unpaired) electrons. The van der Waals surface area contributed by atoms with Crippen molar-refractivity contribution in [2.45, 2.75) is 42.0 Å². The number of aliphatic carboxylic acids is 1. The first-order valence-corrected chi connectivity index (χ1v) is 12.5. The number of rotatable bonds is 6. The van der Waals surface area contributed by atoms with E-state index in [9.17, 15) is 18.3 Å². The number of hydrogen-bond donors (Lipinski definition) is 1. The van der Waals surface area contributed by atoms with Crippen LogP contribution in [0.3, 0.4) is 0 Å². The molecule has 0 atom stereocenters. The summed E-state index contributed by atoms with van der Waals surface area (Å²) in [6.07, 6.45) is 1.18. The third kappa shape index (κ3) is 4.05. The average molecular weight is 471 g/mol. The Balaban J connectivity index is 1.87.